The van der Waals surface area contributed by atoms with Crippen LogP contribution in [0.1, 0.15) is 168 Å². The molecule has 0 amide bonds. The Morgan fingerprint density at radius 3 is 1.49 bits per heavy atom. The standard InChI is InChI=1S/C50H88NO7P/c1-6-8-10-12-14-16-18-20-22-24-25-26-28-30-32-34-36-38-40-42-45-55-47-49(48-57-59(53,54)56-46-44-51(3,4)5)58-50(52)43-41-39-37-35-33-31-29-27-23-21-19-17-15-13-11-9-7-2/h8,10,14,16,20-23,25-26,30,32,36,38,49H,6-7,9,11-13,15,17-19,24,27-29,31,33-35,37,39-48H2,1-5H3/p+1/b10-8-,16-14-,22-20-,23-21-,26-25-,32-30-,38-36-. The minimum absolute atomic E-state index is 0.0726. The summed E-state index contributed by atoms with van der Waals surface area (Å²) < 4.78 is 35.0. The average molecular weight is 847 g/mol. The van der Waals surface area contributed by atoms with Crippen molar-refractivity contribution in [3.8, 4) is 0 Å². The summed E-state index contributed by atoms with van der Waals surface area (Å²) >= 11 is 0. The van der Waals surface area contributed by atoms with Crippen LogP contribution >= 0.6 is 7.82 Å². The lowest BCUT2D eigenvalue weighted by Crippen LogP contribution is -2.37. The molecule has 1 N–H and O–H groups in total. The summed E-state index contributed by atoms with van der Waals surface area (Å²) in [4.78, 5) is 22.9. The summed E-state index contributed by atoms with van der Waals surface area (Å²) in [7, 11) is 1.62. The van der Waals surface area contributed by atoms with E-state index in [0.717, 1.165) is 70.6 Å². The van der Waals surface area contributed by atoms with Crippen molar-refractivity contribution in [2.24, 2.45) is 0 Å². The number of hydrogen-bond acceptors (Lipinski definition) is 6. The van der Waals surface area contributed by atoms with Crippen LogP contribution in [0.25, 0.3) is 0 Å². The van der Waals surface area contributed by atoms with Gasteiger partial charge in [-0.05, 0) is 83.5 Å². The molecular formula is C50H89NO7P+. The Kier molecular flexibility index (Phi) is 40.7. The van der Waals surface area contributed by atoms with Crippen LogP contribution in [0, 0.1) is 0 Å². The third kappa shape index (κ3) is 46.6. The van der Waals surface area contributed by atoms with Crippen LogP contribution in [-0.2, 0) is 27.9 Å². The van der Waals surface area contributed by atoms with Crippen LogP contribution < -0.4 is 0 Å². The van der Waals surface area contributed by atoms with Gasteiger partial charge in [0.05, 0.1) is 34.4 Å². The summed E-state index contributed by atoms with van der Waals surface area (Å²) in [5.41, 5.74) is 0. The van der Waals surface area contributed by atoms with Crippen molar-refractivity contribution < 1.29 is 37.3 Å². The highest BCUT2D eigenvalue weighted by molar-refractivity contribution is 7.47. The van der Waals surface area contributed by atoms with Crippen LogP contribution in [-0.4, -0.2) is 75.6 Å². The summed E-state index contributed by atoms with van der Waals surface area (Å²) in [5, 5.41) is 0. The predicted molar refractivity (Wildman–Crippen MR) is 251 cm³/mol. The molecular weight excluding hydrogens is 758 g/mol. The topological polar surface area (TPSA) is 91.3 Å². The number of carbonyl (C=O) groups excluding carboxylic acids is 1. The fraction of sp³-hybridized carbons (Fsp3) is 0.700. The molecule has 340 valence electrons. The third-order valence-electron chi connectivity index (χ3n) is 9.44. The molecule has 2 atom stereocenters. The van der Waals surface area contributed by atoms with Gasteiger partial charge in [-0.1, -0.05) is 163 Å². The van der Waals surface area contributed by atoms with Crippen LogP contribution in [0.15, 0.2) is 85.1 Å². The molecule has 0 saturated carbocycles. The van der Waals surface area contributed by atoms with Crippen LogP contribution in [0.3, 0.4) is 0 Å². The average Bonchev–Trinajstić information content (AvgIpc) is 3.19. The number of phosphoric acid groups is 1. The lowest BCUT2D eigenvalue weighted by atomic mass is 10.1. The number of esters is 1. The molecule has 0 heterocycles. The molecule has 0 aliphatic rings. The van der Waals surface area contributed by atoms with Crippen molar-refractivity contribution in [2.75, 3.05) is 54.1 Å². The summed E-state index contributed by atoms with van der Waals surface area (Å²) in [6, 6.07) is 0. The second kappa shape index (κ2) is 42.4. The molecule has 0 fully saturated rings. The zero-order valence-electron chi connectivity index (χ0n) is 38.5. The lowest BCUT2D eigenvalue weighted by Gasteiger charge is -2.24. The molecule has 8 nitrogen and oxygen atoms in total. The molecule has 2 unspecified atom stereocenters. The Bertz CT molecular complexity index is 1210. The maximum absolute atomic E-state index is 12.7. The van der Waals surface area contributed by atoms with Crippen LogP contribution in [0.2, 0.25) is 0 Å². The number of nitrogens with zero attached hydrogens (tertiary/aromatic N) is 1. The van der Waals surface area contributed by atoms with E-state index in [1.165, 1.54) is 77.0 Å². The fourth-order valence-corrected chi connectivity index (χ4v) is 6.60. The maximum Gasteiger partial charge on any atom is 0.472 e. The molecule has 0 spiro atoms. The first-order valence-corrected chi connectivity index (χ1v) is 24.8. The monoisotopic (exact) mass is 847 g/mol. The van der Waals surface area contributed by atoms with E-state index in [4.69, 9.17) is 18.5 Å². The van der Waals surface area contributed by atoms with Crippen molar-refractivity contribution >= 4 is 13.8 Å². The molecule has 0 aromatic rings. The third-order valence-corrected chi connectivity index (χ3v) is 10.4. The number of quaternary nitrogens is 1. The Hall–Kier alpha value is -2.32. The first kappa shape index (κ1) is 56.7. The Morgan fingerprint density at radius 2 is 0.983 bits per heavy atom. The minimum Gasteiger partial charge on any atom is -0.457 e. The van der Waals surface area contributed by atoms with Gasteiger partial charge in [-0.3, -0.25) is 13.8 Å². The Morgan fingerprint density at radius 1 is 0.542 bits per heavy atom. The molecule has 0 bridgehead atoms. The van der Waals surface area contributed by atoms with Crippen molar-refractivity contribution in [2.45, 2.75) is 174 Å². The SMILES string of the molecule is CC/C=C\C/C=C\C/C=C\C/C=C\C/C=C\C/C=C\CCCOCC(COP(=O)(O)OCC[N+](C)(C)C)OC(=O)CCCCCCCCC/C=C\CCCCCCCC. The highest BCUT2D eigenvalue weighted by Gasteiger charge is 2.26. The number of phosphoric ester groups is 1. The first-order valence-electron chi connectivity index (χ1n) is 23.3. The molecule has 0 aromatic heterocycles. The number of allylic oxidation sites excluding steroid dienone is 14. The van der Waals surface area contributed by atoms with Gasteiger partial charge < -0.3 is 18.9 Å². The summed E-state index contributed by atoms with van der Waals surface area (Å²) in [6.45, 7) is 5.32. The van der Waals surface area contributed by atoms with Crippen LogP contribution in [0.5, 0.6) is 0 Å². The van der Waals surface area contributed by atoms with E-state index in [9.17, 15) is 14.3 Å². The van der Waals surface area contributed by atoms with Gasteiger partial charge in [-0.25, -0.2) is 4.57 Å². The van der Waals surface area contributed by atoms with Crippen LogP contribution in [0.4, 0.5) is 0 Å². The predicted octanol–water partition coefficient (Wildman–Crippen LogP) is 14.1. The molecule has 0 aromatic carbocycles. The van der Waals surface area contributed by atoms with Crippen molar-refractivity contribution in [3.05, 3.63) is 85.1 Å². The number of hydrogen-bond donors (Lipinski definition) is 1. The second-order valence-corrected chi connectivity index (χ2v) is 17.9. The van der Waals surface area contributed by atoms with Gasteiger partial charge in [-0.2, -0.15) is 0 Å². The molecule has 0 saturated heterocycles. The summed E-state index contributed by atoms with van der Waals surface area (Å²) in [6.07, 6.45) is 56.3. The van der Waals surface area contributed by atoms with Crippen molar-refractivity contribution in [1.29, 1.82) is 0 Å². The quantitative estimate of drug-likeness (QED) is 0.0215. The van der Waals surface area contributed by atoms with Crippen molar-refractivity contribution in [3.63, 3.8) is 0 Å². The smallest absolute Gasteiger partial charge is 0.457 e. The lowest BCUT2D eigenvalue weighted by molar-refractivity contribution is -0.870. The maximum atomic E-state index is 12.7. The van der Waals surface area contributed by atoms with E-state index in [-0.39, 0.29) is 25.8 Å². The largest absolute Gasteiger partial charge is 0.472 e. The minimum atomic E-state index is -4.30. The first-order chi connectivity index (χ1) is 28.6. The highest BCUT2D eigenvalue weighted by Crippen LogP contribution is 2.43. The number of ether oxygens (including phenoxy) is 2. The fourth-order valence-electron chi connectivity index (χ4n) is 5.86. The van der Waals surface area contributed by atoms with Gasteiger partial charge in [0.2, 0.25) is 0 Å². The van der Waals surface area contributed by atoms with Gasteiger partial charge in [0, 0.05) is 13.0 Å². The number of carbonyl (C=O) groups is 1. The van der Waals surface area contributed by atoms with Gasteiger partial charge in [-0.15, -0.1) is 0 Å². The highest BCUT2D eigenvalue weighted by atomic mass is 31.2. The number of unbranched alkanes of at least 4 members (excludes halogenated alkanes) is 14. The van der Waals surface area contributed by atoms with E-state index < -0.39 is 13.9 Å². The van der Waals surface area contributed by atoms with Gasteiger partial charge in [0.1, 0.15) is 19.3 Å². The molecule has 59 heavy (non-hydrogen) atoms. The van der Waals surface area contributed by atoms with E-state index in [1.54, 1.807) is 0 Å². The van der Waals surface area contributed by atoms with Gasteiger partial charge in [0.15, 0.2) is 0 Å². The normalized spacial score (nSPS) is 14.5. The van der Waals surface area contributed by atoms with E-state index in [1.807, 2.05) is 21.1 Å². The Labute approximate surface area is 363 Å². The Balaban J connectivity index is 4.34. The molecule has 0 aliphatic carbocycles. The molecule has 0 rings (SSSR count). The zero-order chi connectivity index (χ0) is 43.4. The number of likely N-dealkylation sites (N-methyl/N-ethyl adjacent to an activating group) is 1. The van der Waals surface area contributed by atoms with E-state index in [2.05, 4.69) is 98.9 Å². The van der Waals surface area contributed by atoms with Gasteiger partial charge >= 0.3 is 13.8 Å². The van der Waals surface area contributed by atoms with Crippen molar-refractivity contribution in [1.82, 2.24) is 0 Å². The second-order valence-electron chi connectivity index (χ2n) is 16.4. The number of rotatable bonds is 42. The van der Waals surface area contributed by atoms with Gasteiger partial charge in [0.25, 0.3) is 0 Å². The van der Waals surface area contributed by atoms with E-state index >= 15 is 0 Å². The molecule has 0 radical (unpaired) electrons. The zero-order valence-corrected chi connectivity index (χ0v) is 39.4. The molecule has 9 heteroatoms. The molecule has 0 aliphatic heterocycles. The summed E-state index contributed by atoms with van der Waals surface area (Å²) in [5.74, 6) is -0.341. The van der Waals surface area contributed by atoms with E-state index in [0.29, 0.717) is 24.1 Å².